The first kappa shape index (κ1) is 24.3. The molecule has 3 heterocycles. The van der Waals surface area contributed by atoms with Crippen molar-refractivity contribution >= 4 is 11.7 Å². The van der Waals surface area contributed by atoms with Crippen LogP contribution in [0.5, 0.6) is 5.75 Å². The second-order valence-electron chi connectivity index (χ2n) is 10.2. The molecule has 184 valence electrons. The molecule has 2 aromatic rings. The Bertz CT molecular complexity index is 1020. The number of aromatic nitrogens is 3. The average Bonchev–Trinajstić information content (AvgIpc) is 3.41. The summed E-state index contributed by atoms with van der Waals surface area (Å²) in [5, 5.41) is 3.01. The summed E-state index contributed by atoms with van der Waals surface area (Å²) in [5.74, 6) is 1.98. The topological polar surface area (TPSA) is 83.5 Å². The molecule has 0 saturated carbocycles. The summed E-state index contributed by atoms with van der Waals surface area (Å²) in [6, 6.07) is 3.70. The van der Waals surface area contributed by atoms with Crippen molar-refractivity contribution in [3.05, 3.63) is 29.6 Å². The van der Waals surface area contributed by atoms with Gasteiger partial charge in [0.1, 0.15) is 30.0 Å². The first-order valence-corrected chi connectivity index (χ1v) is 12.0. The predicted octanol–water partition coefficient (Wildman–Crippen LogP) is 2.80. The molecule has 2 aliphatic rings. The van der Waals surface area contributed by atoms with Gasteiger partial charge in [-0.3, -0.25) is 14.7 Å². The lowest BCUT2D eigenvalue weighted by Gasteiger charge is -2.25. The number of nitrogens with one attached hydrogen (secondary N) is 1. The maximum atomic E-state index is 12.6. The number of alkyl halides is 1. The quantitative estimate of drug-likeness (QED) is 0.635. The minimum absolute atomic E-state index is 0.0331. The van der Waals surface area contributed by atoms with E-state index in [4.69, 9.17) is 14.7 Å². The van der Waals surface area contributed by atoms with E-state index in [2.05, 4.69) is 15.2 Å². The molecular formula is C25H35FN6O2. The molecule has 1 atom stereocenters. The highest BCUT2D eigenvalue weighted by Crippen LogP contribution is 2.31. The number of fused-ring (bicyclic) bond motifs is 1. The monoisotopic (exact) mass is 470 g/mol. The third-order valence-electron chi connectivity index (χ3n) is 6.06. The zero-order chi connectivity index (χ0) is 24.3. The molecule has 0 bridgehead atoms. The number of anilines is 1. The number of hydrogen-bond acceptors (Lipinski definition) is 7. The molecule has 2 aromatic heterocycles. The number of hydrogen-bond donors (Lipinski definition) is 1. The zero-order valence-corrected chi connectivity index (χ0v) is 20.6. The number of nitrogens with zero attached hydrogens (tertiary/aromatic N) is 5. The summed E-state index contributed by atoms with van der Waals surface area (Å²) in [6.07, 6.45) is 5.43. The fourth-order valence-electron chi connectivity index (χ4n) is 4.61. The van der Waals surface area contributed by atoms with Crippen LogP contribution in [-0.4, -0.2) is 77.3 Å². The molecule has 1 aliphatic heterocycles. The van der Waals surface area contributed by atoms with Crippen molar-refractivity contribution in [2.45, 2.75) is 58.1 Å². The van der Waals surface area contributed by atoms with Gasteiger partial charge >= 0.3 is 0 Å². The van der Waals surface area contributed by atoms with E-state index in [-0.39, 0.29) is 30.8 Å². The standard InChI is InChI=1S/C25H35FN6O2/c1-25(2,3)30-22(33)16-31(4)24-19-6-5-7-20(19)28-23(29-24)21-14-17(8-11-27-21)34-18-9-12-32(15-18)13-10-26/h8,11,14,18H,5-7,9-10,12-13,15-16H2,1-4H3,(H,30,33)/t18-/m1/s1. The Kier molecular flexibility index (Phi) is 7.30. The highest BCUT2D eigenvalue weighted by molar-refractivity contribution is 5.82. The Morgan fingerprint density at radius 1 is 1.32 bits per heavy atom. The highest BCUT2D eigenvalue weighted by Gasteiger charge is 2.26. The maximum Gasteiger partial charge on any atom is 0.239 e. The normalized spacial score (nSPS) is 18.1. The molecule has 1 saturated heterocycles. The fourth-order valence-corrected chi connectivity index (χ4v) is 4.61. The molecule has 8 nitrogen and oxygen atoms in total. The molecule has 1 amide bonds. The van der Waals surface area contributed by atoms with Gasteiger partial charge in [-0.2, -0.15) is 0 Å². The van der Waals surface area contributed by atoms with E-state index >= 15 is 0 Å². The van der Waals surface area contributed by atoms with Crippen LogP contribution in [0.25, 0.3) is 11.5 Å². The largest absolute Gasteiger partial charge is 0.489 e. The second-order valence-corrected chi connectivity index (χ2v) is 10.2. The number of carbonyl (C=O) groups excluding carboxylic acids is 1. The number of ether oxygens (including phenoxy) is 1. The Balaban J connectivity index is 1.53. The number of amides is 1. The van der Waals surface area contributed by atoms with Crippen LogP contribution in [0.1, 0.15) is 44.9 Å². The third-order valence-corrected chi connectivity index (χ3v) is 6.06. The summed E-state index contributed by atoms with van der Waals surface area (Å²) in [4.78, 5) is 30.6. The summed E-state index contributed by atoms with van der Waals surface area (Å²) < 4.78 is 18.8. The van der Waals surface area contributed by atoms with Crippen LogP contribution in [0.4, 0.5) is 10.2 Å². The van der Waals surface area contributed by atoms with Crippen molar-refractivity contribution in [1.29, 1.82) is 0 Å². The van der Waals surface area contributed by atoms with E-state index in [1.165, 1.54) is 0 Å². The minimum Gasteiger partial charge on any atom is -0.489 e. The van der Waals surface area contributed by atoms with Crippen LogP contribution >= 0.6 is 0 Å². The van der Waals surface area contributed by atoms with E-state index in [1.54, 1.807) is 6.20 Å². The van der Waals surface area contributed by atoms with Gasteiger partial charge in [0, 0.05) is 55.7 Å². The number of likely N-dealkylation sites (tertiary alicyclic amines) is 1. The molecule has 0 aromatic carbocycles. The number of aryl methyl sites for hydroxylation is 1. The first-order valence-electron chi connectivity index (χ1n) is 12.0. The van der Waals surface area contributed by atoms with Crippen molar-refractivity contribution in [3.63, 3.8) is 0 Å². The molecule has 1 fully saturated rings. The van der Waals surface area contributed by atoms with E-state index in [1.807, 2.05) is 44.9 Å². The maximum absolute atomic E-state index is 12.6. The lowest BCUT2D eigenvalue weighted by Crippen LogP contribution is -2.45. The molecule has 1 N–H and O–H groups in total. The van der Waals surface area contributed by atoms with Crippen molar-refractivity contribution in [3.8, 4) is 17.3 Å². The third kappa shape index (κ3) is 6.00. The van der Waals surface area contributed by atoms with Crippen molar-refractivity contribution in [2.75, 3.05) is 44.8 Å². The minimum atomic E-state index is -0.337. The van der Waals surface area contributed by atoms with Gasteiger partial charge in [-0.1, -0.05) is 0 Å². The smallest absolute Gasteiger partial charge is 0.239 e. The Labute approximate surface area is 200 Å². The molecule has 0 unspecified atom stereocenters. The van der Waals surface area contributed by atoms with Crippen LogP contribution in [0.15, 0.2) is 18.3 Å². The Hall–Kier alpha value is -2.81. The van der Waals surface area contributed by atoms with Crippen LogP contribution < -0.4 is 15.0 Å². The molecular weight excluding hydrogens is 435 g/mol. The van der Waals surface area contributed by atoms with Crippen LogP contribution in [0, 0.1) is 0 Å². The van der Waals surface area contributed by atoms with Gasteiger partial charge in [-0.05, 0) is 52.5 Å². The molecule has 9 heteroatoms. The van der Waals surface area contributed by atoms with Crippen molar-refractivity contribution in [2.24, 2.45) is 0 Å². The van der Waals surface area contributed by atoms with E-state index in [0.717, 1.165) is 55.8 Å². The Morgan fingerprint density at radius 2 is 2.15 bits per heavy atom. The molecule has 34 heavy (non-hydrogen) atoms. The highest BCUT2D eigenvalue weighted by atomic mass is 19.1. The lowest BCUT2D eigenvalue weighted by molar-refractivity contribution is -0.121. The number of halogens is 1. The lowest BCUT2D eigenvalue weighted by atomic mass is 10.1. The number of likely N-dealkylation sites (N-methyl/N-ethyl adjacent to an activating group) is 1. The van der Waals surface area contributed by atoms with Crippen molar-refractivity contribution < 1.29 is 13.9 Å². The summed E-state index contributed by atoms with van der Waals surface area (Å²) in [7, 11) is 1.89. The summed E-state index contributed by atoms with van der Waals surface area (Å²) in [6.45, 7) is 7.81. The number of rotatable bonds is 8. The van der Waals surface area contributed by atoms with Gasteiger partial charge in [0.2, 0.25) is 5.91 Å². The van der Waals surface area contributed by atoms with E-state index < -0.39 is 0 Å². The predicted molar refractivity (Wildman–Crippen MR) is 130 cm³/mol. The van der Waals surface area contributed by atoms with Gasteiger partial charge < -0.3 is 15.0 Å². The molecule has 4 rings (SSSR count). The van der Waals surface area contributed by atoms with Crippen LogP contribution in [0.3, 0.4) is 0 Å². The number of pyridine rings is 1. The van der Waals surface area contributed by atoms with E-state index in [9.17, 15) is 9.18 Å². The zero-order valence-electron chi connectivity index (χ0n) is 20.6. The molecule has 0 spiro atoms. The fraction of sp³-hybridized carbons (Fsp3) is 0.600. The SMILES string of the molecule is CN(CC(=O)NC(C)(C)C)c1nc(-c2cc(O[C@@H]3CCN(CCF)C3)ccn2)nc2c1CCC2. The number of carbonyl (C=O) groups is 1. The second kappa shape index (κ2) is 10.2. The van der Waals surface area contributed by atoms with Crippen molar-refractivity contribution in [1.82, 2.24) is 25.2 Å². The first-order chi connectivity index (χ1) is 16.2. The molecule has 1 aliphatic carbocycles. The van der Waals surface area contributed by atoms with Gasteiger partial charge in [0.15, 0.2) is 5.82 Å². The van der Waals surface area contributed by atoms with Gasteiger partial charge in [-0.25, -0.2) is 14.4 Å². The van der Waals surface area contributed by atoms with E-state index in [0.29, 0.717) is 23.8 Å². The van der Waals surface area contributed by atoms with Gasteiger partial charge in [0.25, 0.3) is 0 Å². The summed E-state index contributed by atoms with van der Waals surface area (Å²) in [5.41, 5.74) is 2.48. The van der Waals surface area contributed by atoms with Gasteiger partial charge in [-0.15, -0.1) is 0 Å². The molecule has 0 radical (unpaired) electrons. The van der Waals surface area contributed by atoms with Gasteiger partial charge in [0.05, 0.1) is 6.54 Å². The summed E-state index contributed by atoms with van der Waals surface area (Å²) >= 11 is 0. The van der Waals surface area contributed by atoms with Crippen LogP contribution in [-0.2, 0) is 17.6 Å². The van der Waals surface area contributed by atoms with Crippen LogP contribution in [0.2, 0.25) is 0 Å². The average molecular weight is 471 g/mol. The Morgan fingerprint density at radius 3 is 2.91 bits per heavy atom.